The minimum Gasteiger partial charge on any atom is -0.477 e. The van der Waals surface area contributed by atoms with Gasteiger partial charge in [0, 0.05) is 9.35 Å². The van der Waals surface area contributed by atoms with Crippen LogP contribution in [0.5, 0.6) is 0 Å². The lowest BCUT2D eigenvalue weighted by molar-refractivity contribution is -0.114. The van der Waals surface area contributed by atoms with Gasteiger partial charge in [0.15, 0.2) is 0 Å². The van der Waals surface area contributed by atoms with Crippen molar-refractivity contribution in [2.75, 3.05) is 4.90 Å². The average molecular weight is 366 g/mol. The number of hydrogen-bond acceptors (Lipinski definition) is 4. The third kappa shape index (κ3) is 2.38. The maximum Gasteiger partial charge on any atom is 0.345 e. The Balaban J connectivity index is 1.94. The Kier molecular flexibility index (Phi) is 3.38. The summed E-state index contributed by atoms with van der Waals surface area (Å²) in [5, 5.41) is 8.91. The lowest BCUT2D eigenvalue weighted by Gasteiger charge is -2.15. The Bertz CT molecular complexity index is 783. The van der Waals surface area contributed by atoms with Gasteiger partial charge in [-0.2, -0.15) is 0 Å². The molecule has 0 saturated carbocycles. The van der Waals surface area contributed by atoms with Gasteiger partial charge < -0.3 is 5.11 Å². The van der Waals surface area contributed by atoms with Crippen LogP contribution < -0.4 is 4.90 Å². The molecular weight excluding hydrogens is 358 g/mol. The number of carboxylic acid groups (broad SMARTS) is 1. The topological polar surface area (TPSA) is 74.7 Å². The van der Waals surface area contributed by atoms with Gasteiger partial charge >= 0.3 is 5.97 Å². The number of fused-ring (bicyclic) bond motifs is 1. The zero-order valence-corrected chi connectivity index (χ0v) is 12.9. The molecule has 1 aromatic carbocycles. The van der Waals surface area contributed by atoms with E-state index in [9.17, 15) is 14.4 Å². The minimum absolute atomic E-state index is 0.192. The second-order valence-electron chi connectivity index (χ2n) is 4.45. The zero-order valence-electron chi connectivity index (χ0n) is 10.5. The van der Waals surface area contributed by atoms with Crippen molar-refractivity contribution >= 4 is 50.6 Å². The van der Waals surface area contributed by atoms with E-state index in [2.05, 4.69) is 15.9 Å². The molecule has 1 aliphatic heterocycles. The molecule has 0 spiro atoms. The fraction of sp³-hybridized carbons (Fsp3) is 0.0714. The lowest BCUT2D eigenvalue weighted by atomic mass is 10.1. The molecule has 0 bridgehead atoms. The van der Waals surface area contributed by atoms with Gasteiger partial charge in [0.25, 0.3) is 11.7 Å². The molecule has 1 amide bonds. The number of carbonyl (C=O) groups excluding carboxylic acids is 2. The Hall–Kier alpha value is -1.99. The van der Waals surface area contributed by atoms with Crippen molar-refractivity contribution in [2.24, 2.45) is 0 Å². The summed E-state index contributed by atoms with van der Waals surface area (Å²) in [4.78, 5) is 37.2. The number of thiophene rings is 1. The predicted octanol–water partition coefficient (Wildman–Crippen LogP) is 2.94. The summed E-state index contributed by atoms with van der Waals surface area (Å²) in [5.74, 6) is -2.13. The highest BCUT2D eigenvalue weighted by molar-refractivity contribution is 9.10. The highest BCUT2D eigenvalue weighted by Crippen LogP contribution is 2.33. The molecule has 2 aromatic rings. The molecule has 0 radical (unpaired) electrons. The molecule has 2 heterocycles. The van der Waals surface area contributed by atoms with Crippen LogP contribution in [0.15, 0.2) is 34.8 Å². The third-order valence-electron chi connectivity index (χ3n) is 3.12. The zero-order chi connectivity index (χ0) is 15.1. The van der Waals surface area contributed by atoms with Crippen LogP contribution in [0, 0.1) is 0 Å². The average Bonchev–Trinajstić information content (AvgIpc) is 2.99. The molecule has 0 unspecified atom stereocenters. The standard InChI is InChI=1S/C14H8BrNO4S/c15-7-1-3-10-9(5-7)12(17)13(18)16(10)6-8-2-4-11(21-8)14(19)20/h1-5H,6H2,(H,19,20). The fourth-order valence-electron chi connectivity index (χ4n) is 2.16. The van der Waals surface area contributed by atoms with E-state index in [-0.39, 0.29) is 11.4 Å². The van der Waals surface area contributed by atoms with E-state index < -0.39 is 17.7 Å². The summed E-state index contributed by atoms with van der Waals surface area (Å²) in [7, 11) is 0. The van der Waals surface area contributed by atoms with Crippen molar-refractivity contribution in [2.45, 2.75) is 6.54 Å². The highest BCUT2D eigenvalue weighted by atomic mass is 79.9. The number of rotatable bonds is 3. The molecule has 3 rings (SSSR count). The second kappa shape index (κ2) is 5.09. The third-order valence-corrected chi connectivity index (χ3v) is 4.67. The van der Waals surface area contributed by atoms with Crippen LogP contribution in [-0.4, -0.2) is 22.8 Å². The molecule has 0 atom stereocenters. The first-order chi connectivity index (χ1) is 9.97. The number of nitrogens with zero attached hydrogens (tertiary/aromatic N) is 1. The van der Waals surface area contributed by atoms with Crippen molar-refractivity contribution in [1.82, 2.24) is 0 Å². The Morgan fingerprint density at radius 3 is 2.67 bits per heavy atom. The maximum absolute atomic E-state index is 12.1. The van der Waals surface area contributed by atoms with Gasteiger partial charge in [-0.15, -0.1) is 11.3 Å². The van der Waals surface area contributed by atoms with E-state index in [4.69, 9.17) is 5.11 Å². The molecule has 0 aliphatic carbocycles. The number of amides is 1. The largest absolute Gasteiger partial charge is 0.477 e. The van der Waals surface area contributed by atoms with Gasteiger partial charge in [0.1, 0.15) is 4.88 Å². The molecule has 7 heteroatoms. The predicted molar refractivity (Wildman–Crippen MR) is 80.9 cm³/mol. The van der Waals surface area contributed by atoms with Crippen LogP contribution in [0.3, 0.4) is 0 Å². The number of Topliss-reactive ketones (excluding diaryl/α,β-unsaturated/α-hetero) is 1. The summed E-state index contributed by atoms with van der Waals surface area (Å²) in [6, 6.07) is 8.23. The van der Waals surface area contributed by atoms with E-state index in [0.717, 1.165) is 15.8 Å². The number of carboxylic acids is 1. The van der Waals surface area contributed by atoms with Crippen LogP contribution >= 0.6 is 27.3 Å². The van der Waals surface area contributed by atoms with Crippen LogP contribution in [-0.2, 0) is 11.3 Å². The van der Waals surface area contributed by atoms with Crippen LogP contribution in [0.1, 0.15) is 24.9 Å². The SMILES string of the molecule is O=C(O)c1ccc(CN2C(=O)C(=O)c3cc(Br)ccc32)s1. The highest BCUT2D eigenvalue weighted by Gasteiger charge is 2.36. The van der Waals surface area contributed by atoms with Gasteiger partial charge in [-0.05, 0) is 30.3 Å². The molecule has 1 N–H and O–H groups in total. The smallest absolute Gasteiger partial charge is 0.345 e. The van der Waals surface area contributed by atoms with Crippen molar-refractivity contribution < 1.29 is 19.5 Å². The molecule has 0 fully saturated rings. The van der Waals surface area contributed by atoms with Crippen LogP contribution in [0.25, 0.3) is 0 Å². The first-order valence-electron chi connectivity index (χ1n) is 5.95. The van der Waals surface area contributed by atoms with Gasteiger partial charge in [0.05, 0.1) is 17.8 Å². The summed E-state index contributed by atoms with van der Waals surface area (Å²) in [5.41, 5.74) is 0.919. The Morgan fingerprint density at radius 1 is 1.24 bits per heavy atom. The van der Waals surface area contributed by atoms with Crippen molar-refractivity contribution in [1.29, 1.82) is 0 Å². The molecule has 1 aliphatic rings. The second-order valence-corrected chi connectivity index (χ2v) is 6.54. The van der Waals surface area contributed by atoms with E-state index in [1.165, 1.54) is 11.0 Å². The fourth-order valence-corrected chi connectivity index (χ4v) is 3.36. The van der Waals surface area contributed by atoms with E-state index >= 15 is 0 Å². The van der Waals surface area contributed by atoms with E-state index in [1.54, 1.807) is 24.3 Å². The maximum atomic E-state index is 12.1. The first kappa shape index (κ1) is 14.0. The van der Waals surface area contributed by atoms with Gasteiger partial charge in [-0.1, -0.05) is 15.9 Å². The number of hydrogen-bond donors (Lipinski definition) is 1. The summed E-state index contributed by atoms with van der Waals surface area (Å²) < 4.78 is 0.730. The van der Waals surface area contributed by atoms with Crippen molar-refractivity contribution in [3.05, 3.63) is 50.1 Å². The Morgan fingerprint density at radius 2 is 2.00 bits per heavy atom. The molecule has 21 heavy (non-hydrogen) atoms. The number of benzene rings is 1. The molecule has 106 valence electrons. The van der Waals surface area contributed by atoms with E-state index in [0.29, 0.717) is 16.1 Å². The number of ketones is 1. The summed E-state index contributed by atoms with van der Waals surface area (Å²) in [6.07, 6.45) is 0. The van der Waals surface area contributed by atoms with Gasteiger partial charge in [-0.3, -0.25) is 14.5 Å². The Labute approximate surface area is 131 Å². The lowest BCUT2D eigenvalue weighted by Crippen LogP contribution is -2.28. The van der Waals surface area contributed by atoms with E-state index in [1.807, 2.05) is 0 Å². The van der Waals surface area contributed by atoms with Crippen LogP contribution in [0.4, 0.5) is 5.69 Å². The monoisotopic (exact) mass is 365 g/mol. The first-order valence-corrected chi connectivity index (χ1v) is 7.56. The number of halogens is 1. The molecule has 1 aromatic heterocycles. The number of carbonyl (C=O) groups is 3. The quantitative estimate of drug-likeness (QED) is 0.848. The van der Waals surface area contributed by atoms with Crippen molar-refractivity contribution in [3.8, 4) is 0 Å². The minimum atomic E-state index is -1.00. The number of aromatic carboxylic acids is 1. The van der Waals surface area contributed by atoms with Gasteiger partial charge in [-0.25, -0.2) is 4.79 Å². The molecule has 5 nitrogen and oxygen atoms in total. The summed E-state index contributed by atoms with van der Waals surface area (Å²) >= 11 is 4.37. The molecule has 0 saturated heterocycles. The summed E-state index contributed by atoms with van der Waals surface area (Å²) in [6.45, 7) is 0.192. The van der Waals surface area contributed by atoms with Crippen LogP contribution in [0.2, 0.25) is 0 Å². The number of anilines is 1. The van der Waals surface area contributed by atoms with Crippen molar-refractivity contribution in [3.63, 3.8) is 0 Å². The normalized spacial score (nSPS) is 13.7. The molecular formula is C14H8BrNO4S. The van der Waals surface area contributed by atoms with Gasteiger partial charge in [0.2, 0.25) is 0 Å².